The summed E-state index contributed by atoms with van der Waals surface area (Å²) in [5.41, 5.74) is 6.24. The van der Waals surface area contributed by atoms with E-state index in [2.05, 4.69) is 0 Å². The van der Waals surface area contributed by atoms with E-state index in [9.17, 15) is 9.59 Å². The first-order valence-electron chi connectivity index (χ1n) is 7.04. The van der Waals surface area contributed by atoms with Gasteiger partial charge in [0.15, 0.2) is 0 Å². The maximum atomic E-state index is 12.2. The van der Waals surface area contributed by atoms with Gasteiger partial charge in [0.05, 0.1) is 12.6 Å². The second-order valence-corrected chi connectivity index (χ2v) is 5.88. The van der Waals surface area contributed by atoms with Crippen molar-refractivity contribution in [3.63, 3.8) is 0 Å². The van der Waals surface area contributed by atoms with Gasteiger partial charge in [-0.1, -0.05) is 30.3 Å². The first-order chi connectivity index (χ1) is 9.87. The van der Waals surface area contributed by atoms with Gasteiger partial charge in [-0.3, -0.25) is 4.90 Å². The zero-order valence-electron chi connectivity index (χ0n) is 12.9. The third-order valence-electron chi connectivity index (χ3n) is 2.93. The minimum Gasteiger partial charge on any atom is -0.444 e. The standard InChI is InChI=1S/C16H24N2O3/c1-16(2,3)21-15(20)18(9-10-19)14(12-17)11-13-7-5-4-6-8-13/h4-8,10,14H,9,11-12,17H2,1-3H3. The van der Waals surface area contributed by atoms with E-state index in [1.807, 2.05) is 30.3 Å². The van der Waals surface area contributed by atoms with Gasteiger partial charge in [-0.15, -0.1) is 0 Å². The number of carbonyl (C=O) groups is 2. The van der Waals surface area contributed by atoms with Crippen LogP contribution in [0.3, 0.4) is 0 Å². The smallest absolute Gasteiger partial charge is 0.410 e. The number of ether oxygens (including phenoxy) is 1. The first kappa shape index (κ1) is 17.2. The number of nitrogens with two attached hydrogens (primary N) is 1. The molecule has 0 radical (unpaired) electrons. The Bertz CT molecular complexity index is 454. The van der Waals surface area contributed by atoms with Gasteiger partial charge in [0.1, 0.15) is 11.9 Å². The third-order valence-corrected chi connectivity index (χ3v) is 2.93. The van der Waals surface area contributed by atoms with Crippen LogP contribution < -0.4 is 5.73 Å². The summed E-state index contributed by atoms with van der Waals surface area (Å²) in [5.74, 6) is 0. The van der Waals surface area contributed by atoms with E-state index in [1.165, 1.54) is 4.90 Å². The van der Waals surface area contributed by atoms with E-state index < -0.39 is 11.7 Å². The van der Waals surface area contributed by atoms with Crippen LogP contribution >= 0.6 is 0 Å². The lowest BCUT2D eigenvalue weighted by Crippen LogP contribution is -2.48. The van der Waals surface area contributed by atoms with E-state index in [-0.39, 0.29) is 19.1 Å². The van der Waals surface area contributed by atoms with Crippen molar-refractivity contribution in [3.8, 4) is 0 Å². The molecule has 0 fully saturated rings. The lowest BCUT2D eigenvalue weighted by Gasteiger charge is -2.31. The number of aldehydes is 1. The molecular formula is C16H24N2O3. The van der Waals surface area contributed by atoms with Crippen LogP contribution in [-0.2, 0) is 16.0 Å². The Labute approximate surface area is 126 Å². The first-order valence-corrected chi connectivity index (χ1v) is 7.04. The number of hydrogen-bond acceptors (Lipinski definition) is 4. The second kappa shape index (κ2) is 7.78. The van der Waals surface area contributed by atoms with Gasteiger partial charge in [-0.25, -0.2) is 4.79 Å². The molecule has 5 nitrogen and oxygen atoms in total. The predicted octanol–water partition coefficient (Wildman–Crippen LogP) is 1.99. The molecule has 1 amide bonds. The lowest BCUT2D eigenvalue weighted by atomic mass is 10.0. The molecule has 0 bridgehead atoms. The van der Waals surface area contributed by atoms with Crippen molar-refractivity contribution in [1.82, 2.24) is 4.90 Å². The van der Waals surface area contributed by atoms with Gasteiger partial charge in [0.2, 0.25) is 0 Å². The molecule has 0 saturated heterocycles. The highest BCUT2D eigenvalue weighted by Crippen LogP contribution is 2.14. The Hall–Kier alpha value is -1.88. The molecule has 1 aromatic carbocycles. The summed E-state index contributed by atoms with van der Waals surface area (Å²) in [4.78, 5) is 24.5. The number of carbonyl (C=O) groups excluding carboxylic acids is 2. The van der Waals surface area contributed by atoms with Crippen LogP contribution in [0.25, 0.3) is 0 Å². The summed E-state index contributed by atoms with van der Waals surface area (Å²) in [5, 5.41) is 0. The molecule has 1 aromatic rings. The molecule has 0 aliphatic rings. The fourth-order valence-corrected chi connectivity index (χ4v) is 1.98. The topological polar surface area (TPSA) is 72.6 Å². The highest BCUT2D eigenvalue weighted by Gasteiger charge is 2.27. The molecule has 116 valence electrons. The summed E-state index contributed by atoms with van der Waals surface area (Å²) in [7, 11) is 0. The molecular weight excluding hydrogens is 268 g/mol. The fraction of sp³-hybridized carbons (Fsp3) is 0.500. The average Bonchev–Trinajstić information content (AvgIpc) is 2.41. The SMILES string of the molecule is CC(C)(C)OC(=O)N(CC=O)C(CN)Cc1ccccc1. The van der Waals surface area contributed by atoms with Crippen LogP contribution in [-0.4, -0.2) is 42.0 Å². The molecule has 2 N–H and O–H groups in total. The lowest BCUT2D eigenvalue weighted by molar-refractivity contribution is -0.109. The van der Waals surface area contributed by atoms with Crippen LogP contribution in [0.5, 0.6) is 0 Å². The van der Waals surface area contributed by atoms with E-state index >= 15 is 0 Å². The molecule has 0 saturated carbocycles. The molecule has 0 aliphatic heterocycles. The van der Waals surface area contributed by atoms with Crippen LogP contribution in [0.2, 0.25) is 0 Å². The third kappa shape index (κ3) is 5.95. The summed E-state index contributed by atoms with van der Waals surface area (Å²) >= 11 is 0. The van der Waals surface area contributed by atoms with E-state index in [0.717, 1.165) is 5.56 Å². The van der Waals surface area contributed by atoms with Crippen LogP contribution in [0.1, 0.15) is 26.3 Å². The van der Waals surface area contributed by atoms with Gasteiger partial charge in [0.25, 0.3) is 0 Å². The summed E-state index contributed by atoms with van der Waals surface area (Å²) in [6.45, 7) is 5.61. The van der Waals surface area contributed by atoms with Crippen molar-refractivity contribution >= 4 is 12.4 Å². The van der Waals surface area contributed by atoms with Gasteiger partial charge in [0, 0.05) is 6.54 Å². The van der Waals surface area contributed by atoms with Crippen molar-refractivity contribution < 1.29 is 14.3 Å². The molecule has 0 spiro atoms. The maximum absolute atomic E-state index is 12.2. The van der Waals surface area contributed by atoms with Gasteiger partial charge >= 0.3 is 6.09 Å². The maximum Gasteiger partial charge on any atom is 0.410 e. The van der Waals surface area contributed by atoms with Crippen LogP contribution in [0.15, 0.2) is 30.3 Å². The summed E-state index contributed by atoms with van der Waals surface area (Å²) in [6.07, 6.45) is 0.767. The molecule has 1 rings (SSSR count). The van der Waals surface area contributed by atoms with Crippen molar-refractivity contribution in [1.29, 1.82) is 0 Å². The minimum atomic E-state index is -0.607. The number of amides is 1. The number of rotatable bonds is 6. The summed E-state index contributed by atoms with van der Waals surface area (Å²) < 4.78 is 5.35. The molecule has 0 aliphatic carbocycles. The minimum absolute atomic E-state index is 0.0242. The zero-order chi connectivity index (χ0) is 15.9. The molecule has 0 aromatic heterocycles. The largest absolute Gasteiger partial charge is 0.444 e. The fourth-order valence-electron chi connectivity index (χ4n) is 1.98. The number of nitrogens with zero attached hydrogens (tertiary/aromatic N) is 1. The zero-order valence-corrected chi connectivity index (χ0v) is 12.9. The van der Waals surface area contributed by atoms with Crippen molar-refractivity contribution in [2.24, 2.45) is 5.73 Å². The Kier molecular flexibility index (Phi) is 6.37. The molecule has 1 atom stereocenters. The average molecular weight is 292 g/mol. The second-order valence-electron chi connectivity index (χ2n) is 5.88. The predicted molar refractivity (Wildman–Crippen MR) is 82.0 cm³/mol. The molecule has 1 unspecified atom stereocenters. The highest BCUT2D eigenvalue weighted by atomic mass is 16.6. The Morgan fingerprint density at radius 3 is 2.43 bits per heavy atom. The molecule has 21 heavy (non-hydrogen) atoms. The number of benzene rings is 1. The van der Waals surface area contributed by atoms with Gasteiger partial charge in [-0.05, 0) is 32.8 Å². The highest BCUT2D eigenvalue weighted by molar-refractivity contribution is 5.72. The quantitative estimate of drug-likeness (QED) is 0.814. The number of hydrogen-bond donors (Lipinski definition) is 1. The summed E-state index contributed by atoms with van der Waals surface area (Å²) in [6, 6.07) is 9.46. The van der Waals surface area contributed by atoms with E-state index in [1.54, 1.807) is 20.8 Å². The van der Waals surface area contributed by atoms with Crippen molar-refractivity contribution in [2.45, 2.75) is 38.8 Å². The van der Waals surface area contributed by atoms with Crippen molar-refractivity contribution in [2.75, 3.05) is 13.1 Å². The van der Waals surface area contributed by atoms with Crippen LogP contribution in [0.4, 0.5) is 4.79 Å². The normalized spacial score (nSPS) is 12.6. The van der Waals surface area contributed by atoms with E-state index in [4.69, 9.17) is 10.5 Å². The van der Waals surface area contributed by atoms with Crippen molar-refractivity contribution in [3.05, 3.63) is 35.9 Å². The Morgan fingerprint density at radius 2 is 1.95 bits per heavy atom. The Balaban J connectivity index is 2.84. The van der Waals surface area contributed by atoms with E-state index in [0.29, 0.717) is 12.7 Å². The van der Waals surface area contributed by atoms with Crippen LogP contribution in [0, 0.1) is 0 Å². The molecule has 5 heteroatoms. The van der Waals surface area contributed by atoms with Gasteiger partial charge < -0.3 is 15.3 Å². The monoisotopic (exact) mass is 292 g/mol. The Morgan fingerprint density at radius 1 is 1.33 bits per heavy atom. The molecule has 0 heterocycles. The van der Waals surface area contributed by atoms with Gasteiger partial charge in [-0.2, -0.15) is 0 Å².